The van der Waals surface area contributed by atoms with Gasteiger partial charge in [0.2, 0.25) is 0 Å². The van der Waals surface area contributed by atoms with Gasteiger partial charge in [-0.15, -0.1) is 6.58 Å². The number of hydrogen-bond donors (Lipinski definition) is 3. The van der Waals surface area contributed by atoms with E-state index in [0.717, 1.165) is 0 Å². The molecule has 6 heteroatoms. The van der Waals surface area contributed by atoms with Gasteiger partial charge in [-0.05, 0) is 50.1 Å². The van der Waals surface area contributed by atoms with E-state index in [1.807, 2.05) is 0 Å². The van der Waals surface area contributed by atoms with Crippen molar-refractivity contribution in [2.45, 2.75) is 6.10 Å². The van der Waals surface area contributed by atoms with Crippen LogP contribution in [0.15, 0.2) is 58.0 Å². The summed E-state index contributed by atoms with van der Waals surface area (Å²) in [5.74, 6) is 0.0578. The van der Waals surface area contributed by atoms with Gasteiger partial charge in [-0.2, -0.15) is 0 Å². The van der Waals surface area contributed by atoms with Gasteiger partial charge in [0.1, 0.15) is 17.6 Å². The van der Waals surface area contributed by atoms with Crippen molar-refractivity contribution < 1.29 is 20.1 Å². The molecule has 3 N–H and O–H groups in total. The summed E-state index contributed by atoms with van der Waals surface area (Å²) >= 11 is 6.23. The first-order valence-corrected chi connectivity index (χ1v) is 7.71. The molecule has 2 aromatic carbocycles. The van der Waals surface area contributed by atoms with Crippen molar-refractivity contribution >= 4 is 38.1 Å². The smallest absolute Gasteiger partial charge is 0.153 e. The molecule has 116 valence electrons. The van der Waals surface area contributed by atoms with E-state index in [4.69, 9.17) is 5.11 Å². The normalized spacial score (nSPS) is 11.0. The highest BCUT2D eigenvalue weighted by atomic mass is 79.9. The molecule has 4 nitrogen and oxygen atoms in total. The second-order valence-corrected chi connectivity index (χ2v) is 5.86. The molecule has 0 aliphatic heterocycles. The molecule has 0 aromatic heterocycles. The monoisotopic (exact) mass is 428 g/mol. The van der Waals surface area contributed by atoms with Crippen LogP contribution in [0.5, 0.6) is 11.5 Å². The van der Waals surface area contributed by atoms with Gasteiger partial charge in [-0.25, -0.2) is 0 Å². The Morgan fingerprint density at radius 1 is 1.00 bits per heavy atom. The molecule has 0 bridgehead atoms. The molecule has 1 atom stereocenters. The molecular weight excluding hydrogens is 416 g/mol. The van der Waals surface area contributed by atoms with E-state index in [9.17, 15) is 15.0 Å². The number of halogens is 2. The van der Waals surface area contributed by atoms with Gasteiger partial charge in [0.05, 0.1) is 14.5 Å². The Hall–Kier alpha value is -1.63. The molecule has 22 heavy (non-hydrogen) atoms. The first-order chi connectivity index (χ1) is 10.4. The molecule has 0 fully saturated rings. The highest BCUT2D eigenvalue weighted by Crippen LogP contribution is 2.31. The van der Waals surface area contributed by atoms with Crippen LogP contribution < -0.4 is 0 Å². The van der Waals surface area contributed by atoms with E-state index in [2.05, 4.69) is 38.4 Å². The standard InChI is InChI=1S/C9H9BrO2.C7H5BrO2/c1-2-8(11)6-4-3-5-7(10)9(6)12;8-6-3-1-2-5(4-9)7(6)10/h2-5,8,11-12H,1H2;1-4,10H. The summed E-state index contributed by atoms with van der Waals surface area (Å²) in [6, 6.07) is 10.00. The number of aliphatic hydroxyl groups is 1. The van der Waals surface area contributed by atoms with Crippen molar-refractivity contribution in [1.29, 1.82) is 0 Å². The molecule has 0 heterocycles. The lowest BCUT2D eigenvalue weighted by molar-refractivity contribution is 0.112. The first-order valence-electron chi connectivity index (χ1n) is 6.13. The summed E-state index contributed by atoms with van der Waals surface area (Å²) in [5, 5.41) is 27.9. The van der Waals surface area contributed by atoms with Crippen molar-refractivity contribution in [3.63, 3.8) is 0 Å². The Morgan fingerprint density at radius 3 is 2.05 bits per heavy atom. The van der Waals surface area contributed by atoms with Gasteiger partial charge >= 0.3 is 0 Å². The Kier molecular flexibility index (Phi) is 7.31. The number of hydrogen-bond acceptors (Lipinski definition) is 4. The van der Waals surface area contributed by atoms with Gasteiger partial charge in [-0.1, -0.05) is 24.3 Å². The average Bonchev–Trinajstić information content (AvgIpc) is 2.52. The second kappa shape index (κ2) is 8.73. The molecule has 0 amide bonds. The van der Waals surface area contributed by atoms with Gasteiger partial charge in [0.15, 0.2) is 6.29 Å². The Bertz CT molecular complexity index is 671. The van der Waals surface area contributed by atoms with Crippen molar-refractivity contribution in [2.75, 3.05) is 0 Å². The van der Waals surface area contributed by atoms with Crippen molar-refractivity contribution in [1.82, 2.24) is 0 Å². The van der Waals surface area contributed by atoms with E-state index in [-0.39, 0.29) is 11.5 Å². The third-order valence-corrected chi connectivity index (χ3v) is 3.98. The second-order valence-electron chi connectivity index (χ2n) is 4.15. The van der Waals surface area contributed by atoms with Crippen LogP contribution in [-0.2, 0) is 0 Å². The average molecular weight is 430 g/mol. The molecule has 0 aliphatic rings. The van der Waals surface area contributed by atoms with E-state index in [1.165, 1.54) is 6.08 Å². The Balaban J connectivity index is 0.000000224. The highest BCUT2D eigenvalue weighted by Gasteiger charge is 2.09. The summed E-state index contributed by atoms with van der Waals surface area (Å²) in [4.78, 5) is 10.2. The van der Waals surface area contributed by atoms with Crippen LogP contribution in [0.2, 0.25) is 0 Å². The molecule has 1 unspecified atom stereocenters. The summed E-state index contributed by atoms with van der Waals surface area (Å²) in [6.07, 6.45) is 1.16. The largest absolute Gasteiger partial charge is 0.506 e. The van der Waals surface area contributed by atoms with E-state index >= 15 is 0 Å². The maximum Gasteiger partial charge on any atom is 0.153 e. The SMILES string of the molecule is C=CC(O)c1cccc(Br)c1O.O=Cc1cccc(Br)c1O. The lowest BCUT2D eigenvalue weighted by atomic mass is 10.1. The van der Waals surface area contributed by atoms with Crippen LogP contribution >= 0.6 is 31.9 Å². The molecular formula is C16H14Br2O4. The zero-order valence-corrected chi connectivity index (χ0v) is 14.6. The van der Waals surface area contributed by atoms with Gasteiger partial charge < -0.3 is 15.3 Å². The number of phenolic OH excluding ortho intramolecular Hbond substituents is 2. The minimum atomic E-state index is -0.817. The van der Waals surface area contributed by atoms with Crippen LogP contribution in [0.4, 0.5) is 0 Å². The summed E-state index contributed by atoms with van der Waals surface area (Å²) in [7, 11) is 0. The maximum absolute atomic E-state index is 10.2. The maximum atomic E-state index is 10.2. The molecule has 0 saturated carbocycles. The predicted molar refractivity (Wildman–Crippen MR) is 92.2 cm³/mol. The predicted octanol–water partition coefficient (Wildman–Crippen LogP) is 4.34. The zero-order chi connectivity index (χ0) is 16.7. The minimum absolute atomic E-state index is 0.00231. The fraction of sp³-hybridized carbons (Fsp3) is 0.0625. The van der Waals surface area contributed by atoms with E-state index in [0.29, 0.717) is 26.4 Å². The molecule has 0 saturated heterocycles. The lowest BCUT2D eigenvalue weighted by Gasteiger charge is -2.08. The van der Waals surface area contributed by atoms with Crippen molar-refractivity contribution in [2.24, 2.45) is 0 Å². The molecule has 0 spiro atoms. The summed E-state index contributed by atoms with van der Waals surface area (Å²) in [6.45, 7) is 3.43. The highest BCUT2D eigenvalue weighted by molar-refractivity contribution is 9.10. The number of para-hydroxylation sites is 2. The number of carbonyl (C=O) groups is 1. The molecule has 0 radical (unpaired) electrons. The summed E-state index contributed by atoms with van der Waals surface area (Å²) in [5.41, 5.74) is 0.758. The van der Waals surface area contributed by atoms with Crippen molar-refractivity contribution in [3.8, 4) is 11.5 Å². The number of rotatable bonds is 3. The zero-order valence-electron chi connectivity index (χ0n) is 11.4. The topological polar surface area (TPSA) is 77.8 Å². The molecule has 2 rings (SSSR count). The van der Waals surface area contributed by atoms with Gasteiger partial charge in [0.25, 0.3) is 0 Å². The molecule has 0 aliphatic carbocycles. The number of carbonyl (C=O) groups excluding carboxylic acids is 1. The van der Waals surface area contributed by atoms with Crippen LogP contribution in [0.1, 0.15) is 22.0 Å². The van der Waals surface area contributed by atoms with Crippen LogP contribution in [0.3, 0.4) is 0 Å². The Labute approximate surface area is 145 Å². The first kappa shape index (κ1) is 18.4. The fourth-order valence-corrected chi connectivity index (χ4v) is 2.29. The third-order valence-electron chi connectivity index (χ3n) is 2.70. The number of phenols is 2. The van der Waals surface area contributed by atoms with Crippen LogP contribution in [0, 0.1) is 0 Å². The van der Waals surface area contributed by atoms with Gasteiger partial charge in [0, 0.05) is 5.56 Å². The quantitative estimate of drug-likeness (QED) is 0.500. The molecule has 2 aromatic rings. The number of benzene rings is 2. The number of aldehydes is 1. The fourth-order valence-electron chi connectivity index (χ4n) is 1.52. The third kappa shape index (κ3) is 4.69. The number of aromatic hydroxyl groups is 2. The van der Waals surface area contributed by atoms with Gasteiger partial charge in [-0.3, -0.25) is 4.79 Å². The lowest BCUT2D eigenvalue weighted by Crippen LogP contribution is -1.92. The van der Waals surface area contributed by atoms with E-state index in [1.54, 1.807) is 36.4 Å². The van der Waals surface area contributed by atoms with Crippen molar-refractivity contribution in [3.05, 3.63) is 69.1 Å². The van der Waals surface area contributed by atoms with E-state index < -0.39 is 6.10 Å². The van der Waals surface area contributed by atoms with Crippen LogP contribution in [0.25, 0.3) is 0 Å². The Morgan fingerprint density at radius 2 is 1.55 bits per heavy atom. The minimum Gasteiger partial charge on any atom is -0.506 e. The summed E-state index contributed by atoms with van der Waals surface area (Å²) < 4.78 is 1.11. The number of aliphatic hydroxyl groups excluding tert-OH is 1. The van der Waals surface area contributed by atoms with Crippen LogP contribution in [-0.4, -0.2) is 21.6 Å².